The molecule has 5 heteroatoms. The molecule has 0 spiro atoms. The van der Waals surface area contributed by atoms with Crippen LogP contribution in [0.15, 0.2) is 3.79 Å². The summed E-state index contributed by atoms with van der Waals surface area (Å²) < 4.78 is 5.53. The molecule has 0 amide bonds. The van der Waals surface area contributed by atoms with Crippen molar-refractivity contribution in [3.63, 3.8) is 0 Å². The van der Waals surface area contributed by atoms with Crippen LogP contribution in [0.3, 0.4) is 0 Å². The van der Waals surface area contributed by atoms with Crippen LogP contribution in [0, 0.1) is 6.92 Å². The lowest BCUT2D eigenvalue weighted by atomic mass is 10.5. The summed E-state index contributed by atoms with van der Waals surface area (Å²) >= 11 is 4.67. The van der Waals surface area contributed by atoms with Gasteiger partial charge in [-0.25, -0.2) is 9.78 Å². The van der Waals surface area contributed by atoms with E-state index in [0.29, 0.717) is 12.3 Å². The Morgan fingerprint density at radius 1 is 1.75 bits per heavy atom. The maximum absolute atomic E-state index is 11.2. The van der Waals surface area contributed by atoms with Crippen molar-refractivity contribution in [2.24, 2.45) is 0 Å². The Labute approximate surface area is 82.9 Å². The first-order valence-electron chi connectivity index (χ1n) is 3.45. The predicted molar refractivity (Wildman–Crippen MR) is 50.5 cm³/mol. The van der Waals surface area contributed by atoms with Crippen LogP contribution in [0.1, 0.15) is 22.4 Å². The maximum atomic E-state index is 11.2. The van der Waals surface area contributed by atoms with E-state index in [1.165, 1.54) is 11.3 Å². The van der Waals surface area contributed by atoms with E-state index in [9.17, 15) is 4.79 Å². The van der Waals surface area contributed by atoms with Gasteiger partial charge >= 0.3 is 5.97 Å². The van der Waals surface area contributed by atoms with E-state index in [4.69, 9.17) is 4.74 Å². The number of carbonyl (C=O) groups is 1. The predicted octanol–water partition coefficient (Wildman–Crippen LogP) is 2.39. The molecule has 3 nitrogen and oxygen atoms in total. The number of nitrogens with zero attached hydrogens (tertiary/aromatic N) is 1. The molecule has 12 heavy (non-hydrogen) atoms. The van der Waals surface area contributed by atoms with Gasteiger partial charge in [0.25, 0.3) is 0 Å². The number of ether oxygens (including phenoxy) is 1. The molecular formula is C7H8BrNO2S. The summed E-state index contributed by atoms with van der Waals surface area (Å²) in [6, 6.07) is 0. The highest BCUT2D eigenvalue weighted by Crippen LogP contribution is 2.24. The van der Waals surface area contributed by atoms with Gasteiger partial charge in [0.2, 0.25) is 0 Å². The van der Waals surface area contributed by atoms with Crippen LogP contribution in [0.5, 0.6) is 0 Å². The number of thiazole rings is 1. The van der Waals surface area contributed by atoms with Crippen LogP contribution >= 0.6 is 27.3 Å². The summed E-state index contributed by atoms with van der Waals surface area (Å²) in [6.45, 7) is 3.99. The molecule has 0 unspecified atom stereocenters. The fourth-order valence-electron chi connectivity index (χ4n) is 0.728. The number of aromatic nitrogens is 1. The molecule has 0 bridgehead atoms. The molecule has 0 aliphatic rings. The van der Waals surface area contributed by atoms with Crippen molar-refractivity contribution in [3.05, 3.63) is 14.5 Å². The minimum Gasteiger partial charge on any atom is -0.461 e. The quantitative estimate of drug-likeness (QED) is 0.756. The molecule has 66 valence electrons. The average Bonchev–Trinajstić information content (AvgIpc) is 2.30. The van der Waals surface area contributed by atoms with Gasteiger partial charge in [0.15, 0.2) is 5.69 Å². The molecule has 0 fully saturated rings. The third-order valence-corrected chi connectivity index (χ3v) is 2.78. The Kier molecular flexibility index (Phi) is 3.22. The van der Waals surface area contributed by atoms with Crippen LogP contribution in [-0.2, 0) is 4.74 Å². The van der Waals surface area contributed by atoms with E-state index < -0.39 is 0 Å². The molecule has 1 heterocycles. The summed E-state index contributed by atoms with van der Waals surface area (Å²) in [7, 11) is 0. The summed E-state index contributed by atoms with van der Waals surface area (Å²) in [4.78, 5) is 15.2. The van der Waals surface area contributed by atoms with E-state index in [0.717, 1.165) is 8.79 Å². The molecule has 0 saturated heterocycles. The van der Waals surface area contributed by atoms with Crippen molar-refractivity contribution >= 4 is 33.2 Å². The summed E-state index contributed by atoms with van der Waals surface area (Å²) in [5, 5.41) is 0.852. The van der Waals surface area contributed by atoms with Crippen LogP contribution in [-0.4, -0.2) is 17.6 Å². The van der Waals surface area contributed by atoms with Crippen molar-refractivity contribution in [2.45, 2.75) is 13.8 Å². The van der Waals surface area contributed by atoms with Crippen molar-refractivity contribution < 1.29 is 9.53 Å². The average molecular weight is 250 g/mol. The second-order valence-electron chi connectivity index (χ2n) is 2.08. The highest BCUT2D eigenvalue weighted by molar-refractivity contribution is 9.11. The van der Waals surface area contributed by atoms with E-state index in [1.54, 1.807) is 6.92 Å². The zero-order valence-electron chi connectivity index (χ0n) is 6.76. The number of hydrogen-bond acceptors (Lipinski definition) is 4. The minimum atomic E-state index is -0.367. The van der Waals surface area contributed by atoms with Gasteiger partial charge in [-0.15, -0.1) is 11.3 Å². The third kappa shape index (κ3) is 2.04. The molecule has 0 saturated carbocycles. The Hall–Kier alpha value is -0.420. The van der Waals surface area contributed by atoms with Crippen molar-refractivity contribution in [1.29, 1.82) is 0 Å². The summed E-state index contributed by atoms with van der Waals surface area (Å²) in [6.07, 6.45) is 0. The lowest BCUT2D eigenvalue weighted by Gasteiger charge is -1.96. The Balaban J connectivity index is 2.87. The number of halogens is 1. The smallest absolute Gasteiger partial charge is 0.359 e. The normalized spacial score (nSPS) is 9.92. The minimum absolute atomic E-state index is 0.367. The Morgan fingerprint density at radius 3 is 2.83 bits per heavy atom. The standard InChI is InChI=1S/C7H8BrNO2S/c1-3-11-7(10)5-6(8)12-4(2)9-5/h3H2,1-2H3. The van der Waals surface area contributed by atoms with Crippen molar-refractivity contribution in [1.82, 2.24) is 4.98 Å². The van der Waals surface area contributed by atoms with Gasteiger partial charge < -0.3 is 4.74 Å². The second-order valence-corrected chi connectivity index (χ2v) is 4.60. The first kappa shape index (κ1) is 9.67. The van der Waals surface area contributed by atoms with Crippen molar-refractivity contribution in [2.75, 3.05) is 6.61 Å². The van der Waals surface area contributed by atoms with Crippen LogP contribution in [0.25, 0.3) is 0 Å². The molecule has 1 aromatic heterocycles. The van der Waals surface area contributed by atoms with E-state index >= 15 is 0 Å². The third-order valence-electron chi connectivity index (χ3n) is 1.16. The van der Waals surface area contributed by atoms with Crippen molar-refractivity contribution in [3.8, 4) is 0 Å². The number of aryl methyl sites for hydroxylation is 1. The fraction of sp³-hybridized carbons (Fsp3) is 0.429. The molecule has 0 atom stereocenters. The van der Waals surface area contributed by atoms with Crippen LogP contribution in [0.2, 0.25) is 0 Å². The maximum Gasteiger partial charge on any atom is 0.359 e. The number of carbonyl (C=O) groups excluding carboxylic acids is 1. The van der Waals surface area contributed by atoms with E-state index in [1.807, 2.05) is 6.92 Å². The highest BCUT2D eigenvalue weighted by Gasteiger charge is 2.15. The number of hydrogen-bond donors (Lipinski definition) is 0. The first-order chi connectivity index (χ1) is 5.65. The van der Waals surface area contributed by atoms with Gasteiger partial charge in [-0.3, -0.25) is 0 Å². The largest absolute Gasteiger partial charge is 0.461 e. The Morgan fingerprint density at radius 2 is 2.42 bits per heavy atom. The van der Waals surface area contributed by atoms with Crippen LogP contribution in [0.4, 0.5) is 0 Å². The fourth-order valence-corrected chi connectivity index (χ4v) is 2.30. The second kappa shape index (κ2) is 4.00. The summed E-state index contributed by atoms with van der Waals surface area (Å²) in [5.41, 5.74) is 0.374. The van der Waals surface area contributed by atoms with E-state index in [2.05, 4.69) is 20.9 Å². The zero-order chi connectivity index (χ0) is 9.14. The molecule has 1 rings (SSSR count). The lowest BCUT2D eigenvalue weighted by molar-refractivity contribution is 0.0519. The van der Waals surface area contributed by atoms with E-state index in [-0.39, 0.29) is 5.97 Å². The number of rotatable bonds is 2. The zero-order valence-corrected chi connectivity index (χ0v) is 9.16. The van der Waals surface area contributed by atoms with Gasteiger partial charge in [-0.1, -0.05) is 0 Å². The van der Waals surface area contributed by atoms with Crippen LogP contribution < -0.4 is 0 Å². The SMILES string of the molecule is CCOC(=O)c1nc(C)sc1Br. The molecule has 1 aromatic rings. The molecule has 0 aliphatic heterocycles. The van der Waals surface area contributed by atoms with Gasteiger partial charge in [-0.2, -0.15) is 0 Å². The van der Waals surface area contributed by atoms with Gasteiger partial charge in [0.05, 0.1) is 11.6 Å². The lowest BCUT2D eigenvalue weighted by Crippen LogP contribution is -2.05. The Bertz CT molecular complexity index is 298. The monoisotopic (exact) mass is 249 g/mol. The summed E-state index contributed by atoms with van der Waals surface area (Å²) in [5.74, 6) is -0.367. The molecular weight excluding hydrogens is 242 g/mol. The molecule has 0 aliphatic carbocycles. The van der Waals surface area contributed by atoms with Gasteiger partial charge in [0, 0.05) is 0 Å². The molecule has 0 radical (unpaired) electrons. The topological polar surface area (TPSA) is 39.2 Å². The van der Waals surface area contributed by atoms with Gasteiger partial charge in [-0.05, 0) is 29.8 Å². The molecule has 0 aromatic carbocycles. The first-order valence-corrected chi connectivity index (χ1v) is 5.06. The highest BCUT2D eigenvalue weighted by atomic mass is 79.9. The molecule has 0 N–H and O–H groups in total. The number of esters is 1. The van der Waals surface area contributed by atoms with Gasteiger partial charge in [0.1, 0.15) is 3.79 Å².